The molecule has 0 spiro atoms. The Labute approximate surface area is 285 Å². The molecule has 6 rings (SSSR count). The first-order chi connectivity index (χ1) is 23.5. The Hall–Kier alpha value is -4.64. The van der Waals surface area contributed by atoms with Crippen LogP contribution in [0.25, 0.3) is 11.0 Å². The van der Waals surface area contributed by atoms with E-state index in [9.17, 15) is 32.3 Å². The van der Waals surface area contributed by atoms with Crippen LogP contribution in [-0.2, 0) is 28.7 Å². The minimum Gasteiger partial charge on any atom is -0.451 e. The Kier molecular flexibility index (Phi) is 10.1. The molecule has 0 aliphatic carbocycles. The standard InChI is InChI=1S/C37H35ClF3N3O5/c38-27-11-8-23(9-12-27)19-30(42-35(47)33-21-31(45)29-20-26(37(39,40)41)10-13-32(29)49-33)36(48)43-17-14-24(15-18-43)28-6-2-1-5-25(28)22-44-16-4-3-7-34(44)46/h1-2,5-6,8-13,20-21,24,30H,3-4,7,14-19,22H2,(H,42,47)/t30-/m1/s1. The number of alkyl halides is 3. The van der Waals surface area contributed by atoms with Gasteiger partial charge in [-0.1, -0.05) is 48.0 Å². The second-order valence-electron chi connectivity index (χ2n) is 12.6. The zero-order chi connectivity index (χ0) is 34.7. The summed E-state index contributed by atoms with van der Waals surface area (Å²) in [4.78, 5) is 56.3. The fraction of sp³-hybridized carbons (Fsp3) is 0.351. The molecule has 1 aromatic heterocycles. The Morgan fingerprint density at radius 3 is 2.39 bits per heavy atom. The molecule has 256 valence electrons. The Morgan fingerprint density at radius 2 is 1.67 bits per heavy atom. The molecule has 2 aliphatic rings. The molecule has 8 nitrogen and oxygen atoms in total. The zero-order valence-electron chi connectivity index (χ0n) is 26.6. The molecule has 3 amide bonds. The highest BCUT2D eigenvalue weighted by atomic mass is 35.5. The Bertz CT molecular complexity index is 1920. The fourth-order valence-electron chi connectivity index (χ4n) is 6.67. The summed E-state index contributed by atoms with van der Waals surface area (Å²) in [6.45, 7) is 2.21. The highest BCUT2D eigenvalue weighted by Gasteiger charge is 2.33. The SMILES string of the molecule is O=C(N[C@H](Cc1ccc(Cl)cc1)C(=O)N1CCC(c2ccccc2CN2CCCCC2=O)CC1)c1cc(=O)c2cc(C(F)(F)F)ccc2o1. The highest BCUT2D eigenvalue weighted by Crippen LogP contribution is 2.33. The quantitative estimate of drug-likeness (QED) is 0.221. The van der Waals surface area contributed by atoms with Crippen molar-refractivity contribution in [2.75, 3.05) is 19.6 Å². The maximum atomic E-state index is 14.0. The van der Waals surface area contributed by atoms with Gasteiger partial charge in [0.15, 0.2) is 11.2 Å². The van der Waals surface area contributed by atoms with Gasteiger partial charge < -0.3 is 19.5 Å². The van der Waals surface area contributed by atoms with Gasteiger partial charge in [0, 0.05) is 50.1 Å². The average molecular weight is 694 g/mol. The van der Waals surface area contributed by atoms with E-state index in [0.717, 1.165) is 48.7 Å². The smallest absolute Gasteiger partial charge is 0.416 e. The number of piperidine rings is 2. The lowest BCUT2D eigenvalue weighted by Crippen LogP contribution is -2.51. The van der Waals surface area contributed by atoms with Crippen molar-refractivity contribution in [3.8, 4) is 0 Å². The average Bonchev–Trinajstić information content (AvgIpc) is 3.09. The topological polar surface area (TPSA) is 99.9 Å². The van der Waals surface area contributed by atoms with E-state index in [1.807, 2.05) is 17.0 Å². The molecule has 0 bridgehead atoms. The molecule has 49 heavy (non-hydrogen) atoms. The molecule has 3 heterocycles. The van der Waals surface area contributed by atoms with Crippen LogP contribution in [0.5, 0.6) is 0 Å². The number of fused-ring (bicyclic) bond motifs is 1. The summed E-state index contributed by atoms with van der Waals surface area (Å²) in [5.74, 6) is -1.22. The molecule has 0 unspecified atom stereocenters. The second-order valence-corrected chi connectivity index (χ2v) is 13.0. The van der Waals surface area contributed by atoms with Gasteiger partial charge in [-0.25, -0.2) is 0 Å². The third-order valence-electron chi connectivity index (χ3n) is 9.32. The van der Waals surface area contributed by atoms with Gasteiger partial charge in [0.2, 0.25) is 11.8 Å². The maximum absolute atomic E-state index is 14.0. The van der Waals surface area contributed by atoms with Crippen LogP contribution < -0.4 is 10.7 Å². The summed E-state index contributed by atoms with van der Waals surface area (Å²) < 4.78 is 45.2. The van der Waals surface area contributed by atoms with E-state index < -0.39 is 34.9 Å². The third kappa shape index (κ3) is 7.99. The first kappa shape index (κ1) is 34.2. The molecule has 0 radical (unpaired) electrons. The normalized spacial score (nSPS) is 16.5. The zero-order valence-corrected chi connectivity index (χ0v) is 27.4. The number of hydrogen-bond donors (Lipinski definition) is 1. The van der Waals surface area contributed by atoms with E-state index in [2.05, 4.69) is 17.4 Å². The molecule has 3 aromatic carbocycles. The number of carbonyl (C=O) groups is 3. The lowest BCUT2D eigenvalue weighted by Gasteiger charge is -2.36. The summed E-state index contributed by atoms with van der Waals surface area (Å²) >= 11 is 6.06. The third-order valence-corrected chi connectivity index (χ3v) is 9.57. The summed E-state index contributed by atoms with van der Waals surface area (Å²) in [5.41, 5.74) is 1.01. The molecule has 2 saturated heterocycles. The Morgan fingerprint density at radius 1 is 0.939 bits per heavy atom. The van der Waals surface area contributed by atoms with Gasteiger partial charge in [-0.05, 0) is 78.6 Å². The summed E-state index contributed by atoms with van der Waals surface area (Å²) in [6.07, 6.45) is -0.649. The number of carbonyl (C=O) groups excluding carboxylic acids is 3. The van der Waals surface area contributed by atoms with Gasteiger partial charge in [0.1, 0.15) is 11.6 Å². The van der Waals surface area contributed by atoms with Gasteiger partial charge in [0.05, 0.1) is 10.9 Å². The number of nitrogens with zero attached hydrogens (tertiary/aromatic N) is 2. The number of halogens is 4. The van der Waals surface area contributed by atoms with Gasteiger partial charge in [-0.3, -0.25) is 19.2 Å². The van der Waals surface area contributed by atoms with E-state index in [-0.39, 0.29) is 35.1 Å². The largest absolute Gasteiger partial charge is 0.451 e. The van der Waals surface area contributed by atoms with Crippen LogP contribution in [0, 0.1) is 0 Å². The fourth-order valence-corrected chi connectivity index (χ4v) is 6.80. The summed E-state index contributed by atoms with van der Waals surface area (Å²) in [7, 11) is 0. The lowest BCUT2D eigenvalue weighted by atomic mass is 9.86. The first-order valence-electron chi connectivity index (χ1n) is 16.3. The van der Waals surface area contributed by atoms with Crippen molar-refractivity contribution in [1.29, 1.82) is 0 Å². The lowest BCUT2D eigenvalue weighted by molar-refractivity contribution is -0.137. The molecule has 4 aromatic rings. The predicted octanol–water partition coefficient (Wildman–Crippen LogP) is 6.73. The van der Waals surface area contributed by atoms with Crippen LogP contribution in [0.2, 0.25) is 5.02 Å². The van der Waals surface area contributed by atoms with Crippen molar-refractivity contribution in [1.82, 2.24) is 15.1 Å². The van der Waals surface area contributed by atoms with Crippen LogP contribution >= 0.6 is 11.6 Å². The number of rotatable bonds is 8. The van der Waals surface area contributed by atoms with Gasteiger partial charge in [0.25, 0.3) is 5.91 Å². The van der Waals surface area contributed by atoms with Gasteiger partial charge in [-0.15, -0.1) is 0 Å². The number of nitrogens with one attached hydrogen (secondary N) is 1. The maximum Gasteiger partial charge on any atom is 0.416 e. The van der Waals surface area contributed by atoms with Crippen LogP contribution in [-0.4, -0.2) is 53.2 Å². The van der Waals surface area contributed by atoms with Crippen LogP contribution in [0.15, 0.2) is 82.0 Å². The number of benzene rings is 3. The van der Waals surface area contributed by atoms with Crippen molar-refractivity contribution in [3.05, 3.63) is 116 Å². The second kappa shape index (κ2) is 14.5. The Balaban J connectivity index is 1.18. The molecule has 12 heteroatoms. The van der Waals surface area contributed by atoms with Crippen molar-refractivity contribution < 1.29 is 32.0 Å². The number of amides is 3. The highest BCUT2D eigenvalue weighted by molar-refractivity contribution is 6.30. The van der Waals surface area contributed by atoms with Gasteiger partial charge in [-0.2, -0.15) is 13.2 Å². The molecule has 2 fully saturated rings. The minimum atomic E-state index is -4.66. The molecule has 1 atom stereocenters. The molecule has 2 aliphatic heterocycles. The van der Waals surface area contributed by atoms with Crippen LogP contribution in [0.1, 0.15) is 70.8 Å². The van der Waals surface area contributed by atoms with Crippen molar-refractivity contribution >= 4 is 40.3 Å². The molecular formula is C37H35ClF3N3O5. The van der Waals surface area contributed by atoms with Crippen LogP contribution in [0.4, 0.5) is 13.2 Å². The van der Waals surface area contributed by atoms with E-state index >= 15 is 0 Å². The molecule has 1 N–H and O–H groups in total. The van der Waals surface area contributed by atoms with E-state index in [1.54, 1.807) is 29.2 Å². The van der Waals surface area contributed by atoms with Crippen molar-refractivity contribution in [2.24, 2.45) is 0 Å². The molecule has 0 saturated carbocycles. The van der Waals surface area contributed by atoms with Crippen LogP contribution in [0.3, 0.4) is 0 Å². The number of likely N-dealkylation sites (tertiary alicyclic amines) is 2. The van der Waals surface area contributed by atoms with E-state index in [4.69, 9.17) is 16.0 Å². The van der Waals surface area contributed by atoms with E-state index in [0.29, 0.717) is 50.0 Å². The number of hydrogen-bond acceptors (Lipinski definition) is 5. The monoisotopic (exact) mass is 693 g/mol. The summed E-state index contributed by atoms with van der Waals surface area (Å²) in [6, 6.07) is 17.2. The van der Waals surface area contributed by atoms with Crippen molar-refractivity contribution in [2.45, 2.75) is 63.2 Å². The summed E-state index contributed by atoms with van der Waals surface area (Å²) in [5, 5.41) is 2.91. The van der Waals surface area contributed by atoms with Crippen molar-refractivity contribution in [3.63, 3.8) is 0 Å². The minimum absolute atomic E-state index is 0.126. The molecular weight excluding hydrogens is 659 g/mol. The van der Waals surface area contributed by atoms with Gasteiger partial charge >= 0.3 is 6.18 Å². The predicted molar refractivity (Wildman–Crippen MR) is 178 cm³/mol. The first-order valence-corrected chi connectivity index (χ1v) is 16.7. The van der Waals surface area contributed by atoms with E-state index in [1.165, 1.54) is 5.56 Å².